The van der Waals surface area contributed by atoms with E-state index in [0.29, 0.717) is 18.5 Å². The molecule has 2 heterocycles. The highest BCUT2D eigenvalue weighted by atomic mass is 16.5. The first kappa shape index (κ1) is 12.1. The molecule has 1 saturated heterocycles. The van der Waals surface area contributed by atoms with Crippen molar-refractivity contribution in [2.75, 3.05) is 31.1 Å². The zero-order chi connectivity index (χ0) is 12.1. The molecule has 0 aliphatic carbocycles. The predicted molar refractivity (Wildman–Crippen MR) is 67.5 cm³/mol. The number of rotatable bonds is 4. The summed E-state index contributed by atoms with van der Waals surface area (Å²) in [6.07, 6.45) is 2.57. The van der Waals surface area contributed by atoms with Crippen molar-refractivity contribution in [3.63, 3.8) is 0 Å². The van der Waals surface area contributed by atoms with E-state index in [-0.39, 0.29) is 0 Å². The van der Waals surface area contributed by atoms with Crippen LogP contribution in [0.25, 0.3) is 0 Å². The molecule has 1 N–H and O–H groups in total. The molecule has 1 aromatic heterocycles. The van der Waals surface area contributed by atoms with Gasteiger partial charge in [-0.1, -0.05) is 6.92 Å². The highest BCUT2D eigenvalue weighted by Gasteiger charge is 2.17. The number of hydrogen-bond acceptors (Lipinski definition) is 5. The van der Waals surface area contributed by atoms with Gasteiger partial charge in [-0.15, -0.1) is 0 Å². The van der Waals surface area contributed by atoms with Crippen LogP contribution in [-0.4, -0.2) is 42.3 Å². The Morgan fingerprint density at radius 2 is 2.41 bits per heavy atom. The molecule has 0 spiro atoms. The lowest BCUT2D eigenvalue weighted by atomic mass is 10.2. The van der Waals surface area contributed by atoms with Gasteiger partial charge >= 0.3 is 0 Å². The Morgan fingerprint density at radius 3 is 3.18 bits per heavy atom. The van der Waals surface area contributed by atoms with Crippen LogP contribution in [0.5, 0.6) is 5.88 Å². The molecule has 1 aliphatic heterocycles. The number of anilines is 1. The molecular formula is C12H20N4O. The van der Waals surface area contributed by atoms with E-state index < -0.39 is 0 Å². The maximum Gasteiger partial charge on any atom is 0.218 e. The second kappa shape index (κ2) is 5.82. The Hall–Kier alpha value is -1.36. The van der Waals surface area contributed by atoms with Crippen molar-refractivity contribution in [1.82, 2.24) is 15.3 Å². The predicted octanol–water partition coefficient (Wildman–Crippen LogP) is 1.06. The molecule has 0 radical (unpaired) electrons. The molecular weight excluding hydrogens is 216 g/mol. The molecule has 5 nitrogen and oxygen atoms in total. The van der Waals surface area contributed by atoms with Crippen LogP contribution in [0.15, 0.2) is 12.4 Å². The summed E-state index contributed by atoms with van der Waals surface area (Å²) in [6, 6.07) is 2.42. The van der Waals surface area contributed by atoms with Crippen molar-refractivity contribution in [2.45, 2.75) is 26.3 Å². The third kappa shape index (κ3) is 3.30. The van der Waals surface area contributed by atoms with Crippen LogP contribution in [0, 0.1) is 0 Å². The number of ether oxygens (including phenoxy) is 1. The fraction of sp³-hybridized carbons (Fsp3) is 0.667. The topological polar surface area (TPSA) is 50.3 Å². The summed E-state index contributed by atoms with van der Waals surface area (Å²) >= 11 is 0. The fourth-order valence-corrected chi connectivity index (χ4v) is 1.93. The summed E-state index contributed by atoms with van der Waals surface area (Å²) in [5.41, 5.74) is 0. The van der Waals surface area contributed by atoms with E-state index in [1.54, 1.807) is 6.33 Å². The quantitative estimate of drug-likeness (QED) is 0.847. The number of nitrogens with one attached hydrogen (secondary N) is 1. The highest BCUT2D eigenvalue weighted by molar-refractivity contribution is 5.41. The molecule has 5 heteroatoms. The molecule has 17 heavy (non-hydrogen) atoms. The first-order valence-electron chi connectivity index (χ1n) is 6.22. The average Bonchev–Trinajstić information content (AvgIpc) is 2.37. The first-order chi connectivity index (χ1) is 8.29. The van der Waals surface area contributed by atoms with Crippen molar-refractivity contribution in [1.29, 1.82) is 0 Å². The van der Waals surface area contributed by atoms with Gasteiger partial charge in [0.05, 0.1) is 6.61 Å². The van der Waals surface area contributed by atoms with E-state index in [1.807, 2.05) is 6.07 Å². The van der Waals surface area contributed by atoms with Gasteiger partial charge in [0.1, 0.15) is 12.1 Å². The lowest BCUT2D eigenvalue weighted by Gasteiger charge is -2.32. The molecule has 1 aliphatic rings. The van der Waals surface area contributed by atoms with E-state index in [4.69, 9.17) is 4.74 Å². The summed E-state index contributed by atoms with van der Waals surface area (Å²) < 4.78 is 5.52. The standard InChI is InChI=1S/C12H20N4O/c1-3-6-17-12-7-11(14-9-15-12)16-5-4-13-10(2)8-16/h7,9-10,13H,3-6,8H2,1-2H3/t10-/m1/s1. The lowest BCUT2D eigenvalue weighted by molar-refractivity contribution is 0.304. The minimum atomic E-state index is 0.499. The Bertz CT molecular complexity index is 358. The van der Waals surface area contributed by atoms with Crippen molar-refractivity contribution >= 4 is 5.82 Å². The van der Waals surface area contributed by atoms with E-state index in [9.17, 15) is 0 Å². The van der Waals surface area contributed by atoms with Crippen LogP contribution in [-0.2, 0) is 0 Å². The first-order valence-corrected chi connectivity index (χ1v) is 6.22. The SMILES string of the molecule is CCCOc1cc(N2CCN[C@H](C)C2)ncn1. The van der Waals surface area contributed by atoms with Crippen molar-refractivity contribution in [3.8, 4) is 5.88 Å². The Kier molecular flexibility index (Phi) is 4.14. The molecule has 1 aromatic rings. The summed E-state index contributed by atoms with van der Waals surface area (Å²) in [7, 11) is 0. The van der Waals surface area contributed by atoms with E-state index >= 15 is 0 Å². The zero-order valence-corrected chi connectivity index (χ0v) is 10.5. The molecule has 0 unspecified atom stereocenters. The average molecular weight is 236 g/mol. The smallest absolute Gasteiger partial charge is 0.218 e. The van der Waals surface area contributed by atoms with Crippen LogP contribution in [0.1, 0.15) is 20.3 Å². The number of piperazine rings is 1. The van der Waals surface area contributed by atoms with Gasteiger partial charge in [0, 0.05) is 31.7 Å². The Balaban J connectivity index is 2.04. The highest BCUT2D eigenvalue weighted by Crippen LogP contribution is 2.17. The molecule has 0 bridgehead atoms. The van der Waals surface area contributed by atoms with Gasteiger partial charge in [-0.05, 0) is 13.3 Å². The van der Waals surface area contributed by atoms with Crippen LogP contribution in [0.3, 0.4) is 0 Å². The maximum absolute atomic E-state index is 5.52. The van der Waals surface area contributed by atoms with Gasteiger partial charge in [-0.2, -0.15) is 0 Å². The Labute approximate surface area is 102 Å². The van der Waals surface area contributed by atoms with Gasteiger partial charge in [-0.3, -0.25) is 0 Å². The second-order valence-corrected chi connectivity index (χ2v) is 4.36. The second-order valence-electron chi connectivity index (χ2n) is 4.36. The maximum atomic E-state index is 5.52. The van der Waals surface area contributed by atoms with E-state index in [1.165, 1.54) is 0 Å². The normalized spacial score (nSPS) is 20.4. The minimum Gasteiger partial charge on any atom is -0.478 e. The Morgan fingerprint density at radius 1 is 1.53 bits per heavy atom. The van der Waals surface area contributed by atoms with Gasteiger partial charge in [-0.25, -0.2) is 9.97 Å². The van der Waals surface area contributed by atoms with Crippen molar-refractivity contribution in [2.24, 2.45) is 0 Å². The molecule has 0 amide bonds. The van der Waals surface area contributed by atoms with Crippen LogP contribution < -0.4 is 15.0 Å². The molecule has 2 rings (SSSR count). The van der Waals surface area contributed by atoms with Crippen LogP contribution in [0.4, 0.5) is 5.82 Å². The fourth-order valence-electron chi connectivity index (χ4n) is 1.93. The van der Waals surface area contributed by atoms with Crippen LogP contribution in [0.2, 0.25) is 0 Å². The number of nitrogens with zero attached hydrogens (tertiary/aromatic N) is 3. The van der Waals surface area contributed by atoms with Crippen molar-refractivity contribution in [3.05, 3.63) is 12.4 Å². The molecule has 1 atom stereocenters. The molecule has 0 saturated carbocycles. The summed E-state index contributed by atoms with van der Waals surface area (Å²) in [5.74, 6) is 1.63. The summed E-state index contributed by atoms with van der Waals surface area (Å²) in [6.45, 7) is 7.92. The van der Waals surface area contributed by atoms with E-state index in [2.05, 4.69) is 34.0 Å². The number of hydrogen-bond donors (Lipinski definition) is 1. The van der Waals surface area contributed by atoms with Crippen molar-refractivity contribution < 1.29 is 4.74 Å². The lowest BCUT2D eigenvalue weighted by Crippen LogP contribution is -2.49. The van der Waals surface area contributed by atoms with Gasteiger partial charge in [0.2, 0.25) is 5.88 Å². The molecule has 1 fully saturated rings. The monoisotopic (exact) mass is 236 g/mol. The summed E-state index contributed by atoms with van der Waals surface area (Å²) in [5, 5.41) is 3.41. The number of aromatic nitrogens is 2. The van der Waals surface area contributed by atoms with Gasteiger partial charge in [0.25, 0.3) is 0 Å². The summed E-state index contributed by atoms with van der Waals surface area (Å²) in [4.78, 5) is 10.7. The largest absolute Gasteiger partial charge is 0.478 e. The molecule has 0 aromatic carbocycles. The van der Waals surface area contributed by atoms with Crippen LogP contribution >= 0.6 is 0 Å². The van der Waals surface area contributed by atoms with Gasteiger partial charge < -0.3 is 15.0 Å². The minimum absolute atomic E-state index is 0.499. The van der Waals surface area contributed by atoms with Gasteiger partial charge in [0.15, 0.2) is 0 Å². The third-order valence-electron chi connectivity index (χ3n) is 2.77. The molecule has 94 valence electrons. The van der Waals surface area contributed by atoms with E-state index in [0.717, 1.165) is 31.9 Å². The zero-order valence-electron chi connectivity index (χ0n) is 10.5. The third-order valence-corrected chi connectivity index (χ3v) is 2.77.